The molecule has 3 aromatic rings. The summed E-state index contributed by atoms with van der Waals surface area (Å²) in [7, 11) is 0. The van der Waals surface area contributed by atoms with Crippen LogP contribution in [0.5, 0.6) is 5.75 Å². The Hall–Kier alpha value is -2.33. The molecule has 0 aliphatic carbocycles. The number of hydrogen-bond donors (Lipinski definition) is 2. The maximum atomic E-state index is 12.1. The molecule has 0 bridgehead atoms. The fourth-order valence-corrected chi connectivity index (χ4v) is 2.53. The first kappa shape index (κ1) is 11.7. The van der Waals surface area contributed by atoms with E-state index in [4.69, 9.17) is 0 Å². The first-order valence-electron chi connectivity index (χ1n) is 5.79. The van der Waals surface area contributed by atoms with Gasteiger partial charge < -0.3 is 10.4 Å². The van der Waals surface area contributed by atoms with Crippen LogP contribution in [0.3, 0.4) is 0 Å². The maximum absolute atomic E-state index is 12.1. The normalized spacial score (nSPS) is 10.5. The highest BCUT2D eigenvalue weighted by atomic mass is 32.1. The van der Waals surface area contributed by atoms with Gasteiger partial charge in [0.2, 0.25) is 0 Å². The predicted octanol–water partition coefficient (Wildman–Crippen LogP) is 3.86. The summed E-state index contributed by atoms with van der Waals surface area (Å²) < 4.78 is 0. The molecule has 0 radical (unpaired) electrons. The number of hydrogen-bond acceptors (Lipinski definition) is 3. The third kappa shape index (κ3) is 2.30. The van der Waals surface area contributed by atoms with Gasteiger partial charge in [-0.05, 0) is 34.4 Å². The van der Waals surface area contributed by atoms with Gasteiger partial charge in [-0.1, -0.05) is 24.3 Å². The fraction of sp³-hybridized carbons (Fsp3) is 0. The SMILES string of the molecule is O=C(Nc1ccsc1)c1cc2ccccc2cc1O. The summed E-state index contributed by atoms with van der Waals surface area (Å²) in [5.74, 6) is -0.312. The van der Waals surface area contributed by atoms with E-state index in [1.54, 1.807) is 12.1 Å². The average molecular weight is 269 g/mol. The molecule has 2 aromatic carbocycles. The number of aromatic hydroxyl groups is 1. The van der Waals surface area contributed by atoms with Crippen molar-refractivity contribution >= 4 is 33.7 Å². The standard InChI is InChI=1S/C15H11NO2S/c17-14-8-11-4-2-1-3-10(11)7-13(14)15(18)16-12-5-6-19-9-12/h1-9,17H,(H,16,18). The number of benzene rings is 2. The molecule has 0 fully saturated rings. The zero-order valence-electron chi connectivity index (χ0n) is 9.96. The van der Waals surface area contributed by atoms with Crippen LogP contribution in [0.2, 0.25) is 0 Å². The number of phenols is 1. The van der Waals surface area contributed by atoms with E-state index < -0.39 is 0 Å². The Morgan fingerprint density at radius 2 is 1.84 bits per heavy atom. The van der Waals surface area contributed by atoms with Crippen molar-refractivity contribution in [2.24, 2.45) is 0 Å². The van der Waals surface area contributed by atoms with Crippen LogP contribution in [0.15, 0.2) is 53.2 Å². The molecular weight excluding hydrogens is 258 g/mol. The van der Waals surface area contributed by atoms with Crippen LogP contribution in [0, 0.1) is 0 Å². The van der Waals surface area contributed by atoms with Crippen molar-refractivity contribution in [3.05, 3.63) is 58.8 Å². The fourth-order valence-electron chi connectivity index (χ4n) is 1.94. The topological polar surface area (TPSA) is 49.3 Å². The zero-order valence-corrected chi connectivity index (χ0v) is 10.8. The van der Waals surface area contributed by atoms with Crippen LogP contribution < -0.4 is 5.32 Å². The van der Waals surface area contributed by atoms with Crippen LogP contribution in [0.4, 0.5) is 5.69 Å². The van der Waals surface area contributed by atoms with Gasteiger partial charge in [0.05, 0.1) is 11.3 Å². The Morgan fingerprint density at radius 3 is 2.53 bits per heavy atom. The molecule has 0 atom stereocenters. The van der Waals surface area contributed by atoms with Gasteiger partial charge in [-0.2, -0.15) is 11.3 Å². The van der Waals surface area contributed by atoms with Crippen LogP contribution in [-0.4, -0.2) is 11.0 Å². The predicted molar refractivity (Wildman–Crippen MR) is 77.9 cm³/mol. The lowest BCUT2D eigenvalue weighted by Gasteiger charge is -2.07. The highest BCUT2D eigenvalue weighted by Gasteiger charge is 2.12. The first-order valence-corrected chi connectivity index (χ1v) is 6.73. The second-order valence-electron chi connectivity index (χ2n) is 4.18. The molecule has 0 saturated heterocycles. The van der Waals surface area contributed by atoms with Gasteiger partial charge in [0.15, 0.2) is 0 Å². The molecule has 2 N–H and O–H groups in total. The van der Waals surface area contributed by atoms with Crippen molar-refractivity contribution in [2.45, 2.75) is 0 Å². The van der Waals surface area contributed by atoms with Crippen molar-refractivity contribution in [2.75, 3.05) is 5.32 Å². The first-order chi connectivity index (χ1) is 9.24. The minimum atomic E-state index is -0.304. The van der Waals surface area contributed by atoms with E-state index >= 15 is 0 Å². The smallest absolute Gasteiger partial charge is 0.259 e. The molecule has 1 amide bonds. The molecule has 94 valence electrons. The molecule has 3 nitrogen and oxygen atoms in total. The van der Waals surface area contributed by atoms with Crippen LogP contribution >= 0.6 is 11.3 Å². The van der Waals surface area contributed by atoms with Gasteiger partial charge in [-0.3, -0.25) is 4.79 Å². The van der Waals surface area contributed by atoms with Gasteiger partial charge in [0, 0.05) is 5.38 Å². The Kier molecular flexibility index (Phi) is 2.93. The monoisotopic (exact) mass is 269 g/mol. The number of phenolic OH excluding ortho intramolecular Hbond substituents is 1. The molecule has 0 aliphatic rings. The summed E-state index contributed by atoms with van der Waals surface area (Å²) in [5.41, 5.74) is 1.02. The van der Waals surface area contributed by atoms with E-state index in [1.165, 1.54) is 11.3 Å². The molecule has 3 rings (SSSR count). The van der Waals surface area contributed by atoms with Crippen molar-refractivity contribution in [3.63, 3.8) is 0 Å². The number of anilines is 1. The minimum Gasteiger partial charge on any atom is -0.507 e. The maximum Gasteiger partial charge on any atom is 0.259 e. The molecule has 1 aromatic heterocycles. The molecule has 19 heavy (non-hydrogen) atoms. The Morgan fingerprint density at radius 1 is 1.11 bits per heavy atom. The summed E-state index contributed by atoms with van der Waals surface area (Å²) in [5, 5.41) is 18.3. The third-order valence-corrected chi connectivity index (χ3v) is 3.57. The van der Waals surface area contributed by atoms with E-state index in [-0.39, 0.29) is 17.2 Å². The number of rotatable bonds is 2. The summed E-state index contributed by atoms with van der Waals surface area (Å²) in [6.45, 7) is 0. The van der Waals surface area contributed by atoms with Gasteiger partial charge >= 0.3 is 0 Å². The van der Waals surface area contributed by atoms with Crippen molar-refractivity contribution in [3.8, 4) is 5.75 Å². The zero-order chi connectivity index (χ0) is 13.2. The average Bonchev–Trinajstić information content (AvgIpc) is 2.90. The molecule has 0 spiro atoms. The van der Waals surface area contributed by atoms with Crippen LogP contribution in [-0.2, 0) is 0 Å². The number of thiophene rings is 1. The van der Waals surface area contributed by atoms with E-state index in [0.29, 0.717) is 0 Å². The lowest BCUT2D eigenvalue weighted by atomic mass is 10.1. The van der Waals surface area contributed by atoms with Crippen molar-refractivity contribution in [1.29, 1.82) is 0 Å². The van der Waals surface area contributed by atoms with Crippen LogP contribution in [0.25, 0.3) is 10.8 Å². The van der Waals surface area contributed by atoms with Crippen molar-refractivity contribution < 1.29 is 9.90 Å². The second-order valence-corrected chi connectivity index (χ2v) is 4.96. The van der Waals surface area contributed by atoms with Gasteiger partial charge in [0.1, 0.15) is 5.75 Å². The molecule has 0 saturated carbocycles. The second kappa shape index (κ2) is 4.74. The molecular formula is C15H11NO2S. The Bertz CT molecular complexity index is 735. The van der Waals surface area contributed by atoms with Gasteiger partial charge in [-0.25, -0.2) is 0 Å². The summed E-state index contributed by atoms with van der Waals surface area (Å²) in [6, 6.07) is 12.7. The van der Waals surface area contributed by atoms with Gasteiger partial charge in [0.25, 0.3) is 5.91 Å². The minimum absolute atomic E-state index is 0.00794. The summed E-state index contributed by atoms with van der Waals surface area (Å²) in [6.07, 6.45) is 0. The lowest BCUT2D eigenvalue weighted by Crippen LogP contribution is -2.11. The number of nitrogens with one attached hydrogen (secondary N) is 1. The molecule has 4 heteroatoms. The molecule has 0 unspecified atom stereocenters. The third-order valence-electron chi connectivity index (χ3n) is 2.89. The van der Waals surface area contributed by atoms with E-state index in [0.717, 1.165) is 16.5 Å². The molecule has 1 heterocycles. The lowest BCUT2D eigenvalue weighted by molar-refractivity contribution is 0.102. The highest BCUT2D eigenvalue weighted by molar-refractivity contribution is 7.08. The summed E-state index contributed by atoms with van der Waals surface area (Å²) in [4.78, 5) is 12.1. The van der Waals surface area contributed by atoms with Crippen LogP contribution in [0.1, 0.15) is 10.4 Å². The number of amides is 1. The quantitative estimate of drug-likeness (QED) is 0.742. The van der Waals surface area contributed by atoms with E-state index in [9.17, 15) is 9.90 Å². The number of carbonyl (C=O) groups excluding carboxylic acids is 1. The number of fused-ring (bicyclic) bond motifs is 1. The Labute approximate surface area is 114 Å². The largest absolute Gasteiger partial charge is 0.507 e. The molecule has 0 aliphatic heterocycles. The van der Waals surface area contributed by atoms with Gasteiger partial charge in [-0.15, -0.1) is 0 Å². The van der Waals surface area contributed by atoms with E-state index in [2.05, 4.69) is 5.32 Å². The Balaban J connectivity index is 1.99. The summed E-state index contributed by atoms with van der Waals surface area (Å²) >= 11 is 1.51. The van der Waals surface area contributed by atoms with E-state index in [1.807, 2.05) is 41.1 Å². The number of carbonyl (C=O) groups is 1. The van der Waals surface area contributed by atoms with Crippen molar-refractivity contribution in [1.82, 2.24) is 0 Å². The highest BCUT2D eigenvalue weighted by Crippen LogP contribution is 2.26.